The monoisotopic (exact) mass is 196 g/mol. The third-order valence-electron chi connectivity index (χ3n) is 4.59. The molecule has 2 rings (SSSR count). The van der Waals surface area contributed by atoms with Gasteiger partial charge >= 0.3 is 0 Å². The van der Waals surface area contributed by atoms with Crippen molar-refractivity contribution >= 4 is 5.71 Å². The largest absolute Gasteiger partial charge is 0.411 e. The Hall–Kier alpha value is -0.570. The molecule has 0 aliphatic heterocycles. The van der Waals surface area contributed by atoms with E-state index < -0.39 is 0 Å². The first-order valence-corrected chi connectivity index (χ1v) is 5.43. The van der Waals surface area contributed by atoms with Gasteiger partial charge < -0.3 is 10.5 Å². The second kappa shape index (κ2) is 2.72. The smallest absolute Gasteiger partial charge is 0.0807 e. The lowest BCUT2D eigenvalue weighted by Gasteiger charge is -2.28. The van der Waals surface area contributed by atoms with Crippen LogP contribution in [0, 0.1) is 17.3 Å². The predicted octanol–water partition coefficient (Wildman–Crippen LogP) is 1.86. The summed E-state index contributed by atoms with van der Waals surface area (Å²) in [7, 11) is 1.98. The van der Waals surface area contributed by atoms with Crippen LogP contribution in [-0.2, 0) is 0 Å². The molecule has 0 heterocycles. The summed E-state index contributed by atoms with van der Waals surface area (Å²) in [4.78, 5) is 0. The molecule has 0 radical (unpaired) electrons. The molecule has 3 unspecified atom stereocenters. The van der Waals surface area contributed by atoms with Crippen LogP contribution in [0.4, 0.5) is 0 Å². The van der Waals surface area contributed by atoms with E-state index in [0.29, 0.717) is 11.8 Å². The SMILES string of the molecule is CNC12C(=NO)C(C)CCC1C2(C)C. The Balaban J connectivity index is 2.40. The molecule has 2 N–H and O–H groups in total. The molecule has 0 aromatic rings. The van der Waals surface area contributed by atoms with E-state index in [-0.39, 0.29) is 11.0 Å². The molecule has 3 heteroatoms. The van der Waals surface area contributed by atoms with Crippen LogP contribution in [-0.4, -0.2) is 23.5 Å². The van der Waals surface area contributed by atoms with Crippen molar-refractivity contribution in [3.8, 4) is 0 Å². The molecule has 14 heavy (non-hydrogen) atoms. The summed E-state index contributed by atoms with van der Waals surface area (Å²) in [5.41, 5.74) is 1.18. The summed E-state index contributed by atoms with van der Waals surface area (Å²) in [5.74, 6) is 1.05. The maximum atomic E-state index is 9.14. The summed E-state index contributed by atoms with van der Waals surface area (Å²) in [6.45, 7) is 6.67. The topological polar surface area (TPSA) is 44.6 Å². The molecule has 2 saturated carbocycles. The van der Waals surface area contributed by atoms with E-state index in [4.69, 9.17) is 5.21 Å². The minimum Gasteiger partial charge on any atom is -0.411 e. The molecule has 2 aliphatic carbocycles. The highest BCUT2D eigenvalue weighted by atomic mass is 16.4. The van der Waals surface area contributed by atoms with Crippen molar-refractivity contribution in [1.29, 1.82) is 0 Å². The predicted molar refractivity (Wildman–Crippen MR) is 56.7 cm³/mol. The summed E-state index contributed by atoms with van der Waals surface area (Å²) in [5, 5.41) is 16.1. The van der Waals surface area contributed by atoms with Crippen LogP contribution in [0.1, 0.15) is 33.6 Å². The van der Waals surface area contributed by atoms with Gasteiger partial charge in [-0.25, -0.2) is 0 Å². The van der Waals surface area contributed by atoms with E-state index in [2.05, 4.69) is 31.2 Å². The molecule has 3 atom stereocenters. The maximum absolute atomic E-state index is 9.14. The molecule has 0 aromatic heterocycles. The summed E-state index contributed by atoms with van der Waals surface area (Å²) in [6, 6.07) is 0. The molecule has 0 spiro atoms. The van der Waals surface area contributed by atoms with Crippen molar-refractivity contribution in [2.45, 2.75) is 39.2 Å². The Kier molecular flexibility index (Phi) is 1.94. The number of rotatable bonds is 1. The third kappa shape index (κ3) is 0.842. The molecular weight excluding hydrogens is 176 g/mol. The Morgan fingerprint density at radius 1 is 1.43 bits per heavy atom. The van der Waals surface area contributed by atoms with Gasteiger partial charge in [-0.15, -0.1) is 0 Å². The number of nitrogens with zero attached hydrogens (tertiary/aromatic N) is 1. The molecular formula is C11H20N2O. The van der Waals surface area contributed by atoms with Gasteiger partial charge in [-0.05, 0) is 37.1 Å². The molecule has 2 fully saturated rings. The highest BCUT2D eigenvalue weighted by molar-refractivity contribution is 6.00. The minimum absolute atomic E-state index is 0.0284. The van der Waals surface area contributed by atoms with Crippen LogP contribution in [0.25, 0.3) is 0 Å². The average molecular weight is 196 g/mol. The van der Waals surface area contributed by atoms with Crippen molar-refractivity contribution in [2.75, 3.05) is 7.05 Å². The van der Waals surface area contributed by atoms with Gasteiger partial charge in [0.2, 0.25) is 0 Å². The third-order valence-corrected chi connectivity index (χ3v) is 4.59. The van der Waals surface area contributed by atoms with Crippen molar-refractivity contribution in [2.24, 2.45) is 22.4 Å². The van der Waals surface area contributed by atoms with Gasteiger partial charge in [-0.1, -0.05) is 25.9 Å². The van der Waals surface area contributed by atoms with Gasteiger partial charge in [-0.3, -0.25) is 0 Å². The quantitative estimate of drug-likeness (QED) is 0.496. The van der Waals surface area contributed by atoms with Gasteiger partial charge in [0.25, 0.3) is 0 Å². The zero-order chi connectivity index (χ0) is 10.6. The molecule has 0 saturated heterocycles. The van der Waals surface area contributed by atoms with Crippen LogP contribution in [0.5, 0.6) is 0 Å². The minimum atomic E-state index is -0.0284. The molecule has 0 aromatic carbocycles. The van der Waals surface area contributed by atoms with Crippen LogP contribution in [0.2, 0.25) is 0 Å². The van der Waals surface area contributed by atoms with E-state index >= 15 is 0 Å². The molecule has 2 aliphatic rings. The van der Waals surface area contributed by atoms with Crippen molar-refractivity contribution in [3.63, 3.8) is 0 Å². The number of hydrogen-bond donors (Lipinski definition) is 2. The van der Waals surface area contributed by atoms with Gasteiger partial charge in [0.05, 0.1) is 11.3 Å². The number of fused-ring (bicyclic) bond motifs is 1. The molecule has 0 amide bonds. The van der Waals surface area contributed by atoms with Crippen LogP contribution < -0.4 is 5.32 Å². The number of nitrogens with one attached hydrogen (secondary N) is 1. The lowest BCUT2D eigenvalue weighted by atomic mass is 9.84. The van der Waals surface area contributed by atoms with Crippen LogP contribution >= 0.6 is 0 Å². The molecule has 3 nitrogen and oxygen atoms in total. The lowest BCUT2D eigenvalue weighted by molar-refractivity contribution is 0.303. The fourth-order valence-corrected chi connectivity index (χ4v) is 3.70. The maximum Gasteiger partial charge on any atom is 0.0807 e. The Labute approximate surface area is 85.6 Å². The lowest BCUT2D eigenvalue weighted by Crippen LogP contribution is -2.47. The standard InChI is InChI=1S/C11H20N2O/c1-7-5-6-8-10(2,3)11(8,12-4)9(7)13-14/h7-8,12,14H,5-6H2,1-4H3. The van der Waals surface area contributed by atoms with Gasteiger partial charge in [0.1, 0.15) is 0 Å². The van der Waals surface area contributed by atoms with Crippen molar-refractivity contribution in [3.05, 3.63) is 0 Å². The number of oxime groups is 1. The van der Waals surface area contributed by atoms with Crippen LogP contribution in [0.15, 0.2) is 5.16 Å². The van der Waals surface area contributed by atoms with Gasteiger partial charge in [0.15, 0.2) is 0 Å². The van der Waals surface area contributed by atoms with E-state index in [0.717, 1.165) is 12.1 Å². The summed E-state index contributed by atoms with van der Waals surface area (Å²) >= 11 is 0. The highest BCUT2D eigenvalue weighted by Gasteiger charge is 2.74. The van der Waals surface area contributed by atoms with Crippen LogP contribution in [0.3, 0.4) is 0 Å². The summed E-state index contributed by atoms with van der Waals surface area (Å²) < 4.78 is 0. The number of hydrogen-bond acceptors (Lipinski definition) is 3. The van der Waals surface area contributed by atoms with Crippen molar-refractivity contribution in [1.82, 2.24) is 5.32 Å². The first-order chi connectivity index (χ1) is 6.52. The first-order valence-electron chi connectivity index (χ1n) is 5.43. The fraction of sp³-hybridized carbons (Fsp3) is 0.909. The molecule has 0 bridgehead atoms. The zero-order valence-corrected chi connectivity index (χ0v) is 9.46. The second-order valence-electron chi connectivity index (χ2n) is 5.30. The average Bonchev–Trinajstić information content (AvgIpc) is 2.64. The van der Waals surface area contributed by atoms with Gasteiger partial charge in [-0.2, -0.15) is 0 Å². The Morgan fingerprint density at radius 3 is 2.50 bits per heavy atom. The Bertz CT molecular complexity index is 285. The highest BCUT2D eigenvalue weighted by Crippen LogP contribution is 2.67. The van der Waals surface area contributed by atoms with Crippen molar-refractivity contribution < 1.29 is 5.21 Å². The zero-order valence-electron chi connectivity index (χ0n) is 9.46. The van der Waals surface area contributed by atoms with E-state index in [9.17, 15) is 0 Å². The van der Waals surface area contributed by atoms with E-state index in [1.165, 1.54) is 6.42 Å². The second-order valence-corrected chi connectivity index (χ2v) is 5.30. The van der Waals surface area contributed by atoms with E-state index in [1.807, 2.05) is 7.05 Å². The normalized spacial score (nSPS) is 47.6. The fourth-order valence-electron chi connectivity index (χ4n) is 3.70. The molecule has 80 valence electrons. The van der Waals surface area contributed by atoms with Gasteiger partial charge in [0, 0.05) is 0 Å². The summed E-state index contributed by atoms with van der Waals surface area (Å²) in [6.07, 6.45) is 2.39. The Morgan fingerprint density at radius 2 is 2.07 bits per heavy atom. The first kappa shape index (κ1) is 9.97. The van der Waals surface area contributed by atoms with E-state index in [1.54, 1.807) is 0 Å².